The van der Waals surface area contributed by atoms with Crippen molar-refractivity contribution in [2.45, 2.75) is 49.6 Å². The number of carbonyl (C=O) groups is 1. The van der Waals surface area contributed by atoms with Crippen LogP contribution in [-0.2, 0) is 20.0 Å². The van der Waals surface area contributed by atoms with Gasteiger partial charge in [-0.3, -0.25) is 9.52 Å². The second kappa shape index (κ2) is 12.5. The first kappa shape index (κ1) is 32.3. The van der Waals surface area contributed by atoms with E-state index in [1.807, 2.05) is 6.92 Å². The predicted molar refractivity (Wildman–Crippen MR) is 157 cm³/mol. The van der Waals surface area contributed by atoms with Gasteiger partial charge in [0.2, 0.25) is 10.0 Å². The first-order valence-electron chi connectivity index (χ1n) is 13.5. The molecule has 3 atom stereocenters. The summed E-state index contributed by atoms with van der Waals surface area (Å²) in [5.41, 5.74) is 0.331. The predicted octanol–water partition coefficient (Wildman–Crippen LogP) is 2.64. The van der Waals surface area contributed by atoms with Crippen LogP contribution in [0.3, 0.4) is 0 Å². The molecule has 2 heterocycles. The number of carbonyl (C=O) groups excluding carboxylic acids is 1. The Labute approximate surface area is 251 Å². The van der Waals surface area contributed by atoms with Gasteiger partial charge < -0.3 is 24.0 Å². The van der Waals surface area contributed by atoms with Gasteiger partial charge in [0.15, 0.2) is 10.7 Å². The minimum Gasteiger partial charge on any atom is -0.497 e. The molecule has 3 aromatic rings. The highest BCUT2D eigenvalue weighted by Gasteiger charge is 2.36. The Morgan fingerprint density at radius 3 is 2.42 bits per heavy atom. The van der Waals surface area contributed by atoms with E-state index in [-0.39, 0.29) is 63.9 Å². The molecule has 0 radical (unpaired) electrons. The maximum atomic E-state index is 13.7. The van der Waals surface area contributed by atoms with Crippen LogP contribution in [0.25, 0.3) is 0 Å². The third-order valence-electron chi connectivity index (χ3n) is 7.36. The molecule has 1 amide bonds. The second-order valence-electron chi connectivity index (χ2n) is 10.6. The van der Waals surface area contributed by atoms with Crippen LogP contribution in [0.1, 0.15) is 35.7 Å². The zero-order chi connectivity index (χ0) is 31.7. The molecular weight excluding hydrogens is 600 g/mol. The van der Waals surface area contributed by atoms with Crippen LogP contribution < -0.4 is 14.2 Å². The molecule has 234 valence electrons. The number of aromatic nitrogens is 1. The summed E-state index contributed by atoms with van der Waals surface area (Å²) in [6.45, 7) is 6.29. The number of fused-ring (bicyclic) bond motifs is 1. The molecule has 0 spiro atoms. The summed E-state index contributed by atoms with van der Waals surface area (Å²) < 4.78 is 73.0. The van der Waals surface area contributed by atoms with E-state index >= 15 is 0 Å². The van der Waals surface area contributed by atoms with E-state index in [0.29, 0.717) is 5.75 Å². The highest BCUT2D eigenvalue weighted by atomic mass is 32.2. The molecule has 1 aliphatic heterocycles. The summed E-state index contributed by atoms with van der Waals surface area (Å²) in [6.07, 6.45) is -0.705. The molecule has 13 nitrogen and oxygen atoms in total. The molecule has 43 heavy (non-hydrogen) atoms. The summed E-state index contributed by atoms with van der Waals surface area (Å²) in [5, 5.41) is 13.6. The van der Waals surface area contributed by atoms with Crippen LogP contribution in [0.4, 0.5) is 5.69 Å². The first-order valence-corrected chi connectivity index (χ1v) is 16.4. The van der Waals surface area contributed by atoms with Gasteiger partial charge in [-0.05, 0) is 63.2 Å². The average Bonchev–Trinajstić information content (AvgIpc) is 3.32. The summed E-state index contributed by atoms with van der Waals surface area (Å²) >= 11 is 0. The van der Waals surface area contributed by atoms with Crippen molar-refractivity contribution in [2.75, 3.05) is 38.6 Å². The number of sulfonamides is 2. The SMILES string of the molecule is COc1ccc(S(=O)(=O)N(C)C[C@H]2Oc3ccc(NS(=O)(=O)c4c(C)noc4C)cc3C(=O)N([C@@H](C)CO)C[C@@H]2C)cc1. The fourth-order valence-electron chi connectivity index (χ4n) is 4.85. The zero-order valence-corrected chi connectivity index (χ0v) is 26.4. The van der Waals surface area contributed by atoms with Crippen molar-refractivity contribution in [3.05, 3.63) is 59.5 Å². The van der Waals surface area contributed by atoms with Crippen molar-refractivity contribution in [1.29, 1.82) is 0 Å². The molecule has 2 N–H and O–H groups in total. The number of ether oxygens (including phenoxy) is 2. The highest BCUT2D eigenvalue weighted by Crippen LogP contribution is 2.32. The van der Waals surface area contributed by atoms with Crippen LogP contribution in [0.2, 0.25) is 0 Å². The summed E-state index contributed by atoms with van der Waals surface area (Å²) in [4.78, 5) is 15.2. The van der Waals surface area contributed by atoms with Crippen molar-refractivity contribution in [3.8, 4) is 11.5 Å². The number of rotatable bonds is 10. The van der Waals surface area contributed by atoms with Crippen molar-refractivity contribution >= 4 is 31.6 Å². The Balaban J connectivity index is 1.68. The van der Waals surface area contributed by atoms with Gasteiger partial charge in [-0.2, -0.15) is 4.31 Å². The topological polar surface area (TPSA) is 169 Å². The standard InChI is InChI=1S/C28H36N4O9S2/c1-17-14-32(18(2)16-33)28(34)24-13-21(30-42(35,36)27-19(3)29-41-20(27)4)7-12-25(24)40-26(17)15-31(5)43(37,38)23-10-8-22(39-6)9-11-23/h7-13,17-18,26,30,33H,14-16H2,1-6H3/t17-,18-,26+/m0/s1. The Hall–Kier alpha value is -3.66. The van der Waals surface area contributed by atoms with Crippen LogP contribution in [0, 0.1) is 19.8 Å². The lowest BCUT2D eigenvalue weighted by Crippen LogP contribution is -2.50. The van der Waals surface area contributed by atoms with E-state index in [1.54, 1.807) is 19.1 Å². The highest BCUT2D eigenvalue weighted by molar-refractivity contribution is 7.92. The number of hydrogen-bond acceptors (Lipinski definition) is 10. The van der Waals surface area contributed by atoms with E-state index in [2.05, 4.69) is 9.88 Å². The quantitative estimate of drug-likeness (QED) is 0.337. The second-order valence-corrected chi connectivity index (χ2v) is 14.2. The molecule has 2 aromatic carbocycles. The number of aryl methyl sites for hydroxylation is 2. The number of benzene rings is 2. The lowest BCUT2D eigenvalue weighted by molar-refractivity contribution is 0.0387. The minimum atomic E-state index is -4.10. The number of anilines is 1. The van der Waals surface area contributed by atoms with Gasteiger partial charge in [0.1, 0.15) is 23.3 Å². The number of aliphatic hydroxyl groups is 1. The van der Waals surface area contributed by atoms with Crippen LogP contribution in [0.15, 0.2) is 56.8 Å². The van der Waals surface area contributed by atoms with Crippen molar-refractivity contribution < 1.29 is 40.7 Å². The number of likely N-dealkylation sites (N-methyl/N-ethyl adjacent to an activating group) is 1. The number of hydrogen-bond donors (Lipinski definition) is 2. The first-order chi connectivity index (χ1) is 20.2. The normalized spacial score (nSPS) is 18.4. The van der Waals surface area contributed by atoms with Crippen LogP contribution in [0.5, 0.6) is 11.5 Å². The minimum absolute atomic E-state index is 0.0507. The van der Waals surface area contributed by atoms with E-state index in [1.165, 1.54) is 67.5 Å². The number of amides is 1. The van der Waals surface area contributed by atoms with Crippen molar-refractivity contribution in [3.63, 3.8) is 0 Å². The fourth-order valence-corrected chi connectivity index (χ4v) is 7.41. The Kier molecular flexibility index (Phi) is 9.39. The third kappa shape index (κ3) is 6.64. The number of aliphatic hydroxyl groups excluding tert-OH is 1. The van der Waals surface area contributed by atoms with Gasteiger partial charge in [-0.1, -0.05) is 12.1 Å². The van der Waals surface area contributed by atoms with Gasteiger partial charge in [0.25, 0.3) is 15.9 Å². The lowest BCUT2D eigenvalue weighted by Gasteiger charge is -2.38. The van der Waals surface area contributed by atoms with E-state index in [0.717, 1.165) is 0 Å². The smallest absolute Gasteiger partial charge is 0.267 e. The van der Waals surface area contributed by atoms with Gasteiger partial charge in [0, 0.05) is 25.2 Å². The van der Waals surface area contributed by atoms with E-state index in [9.17, 15) is 26.7 Å². The van der Waals surface area contributed by atoms with Crippen molar-refractivity contribution in [2.24, 2.45) is 5.92 Å². The number of methoxy groups -OCH3 is 1. The average molecular weight is 637 g/mol. The van der Waals surface area contributed by atoms with Gasteiger partial charge in [-0.15, -0.1) is 0 Å². The van der Waals surface area contributed by atoms with E-state index < -0.39 is 38.1 Å². The molecule has 0 fully saturated rings. The number of nitrogens with one attached hydrogen (secondary N) is 1. The largest absolute Gasteiger partial charge is 0.497 e. The molecule has 15 heteroatoms. The monoisotopic (exact) mass is 636 g/mol. The maximum Gasteiger partial charge on any atom is 0.267 e. The molecule has 1 aromatic heterocycles. The molecule has 0 saturated heterocycles. The third-order valence-corrected chi connectivity index (χ3v) is 10.8. The zero-order valence-electron chi connectivity index (χ0n) is 24.8. The summed E-state index contributed by atoms with van der Waals surface area (Å²) in [5.74, 6) is -0.0422. The number of nitrogens with zero attached hydrogens (tertiary/aromatic N) is 3. The van der Waals surface area contributed by atoms with Gasteiger partial charge >= 0.3 is 0 Å². The van der Waals surface area contributed by atoms with Crippen LogP contribution in [-0.4, -0.2) is 88.2 Å². The fraction of sp³-hybridized carbons (Fsp3) is 0.429. The molecule has 0 unspecified atom stereocenters. The molecule has 0 bridgehead atoms. The summed E-state index contributed by atoms with van der Waals surface area (Å²) in [6, 6.07) is 9.71. The summed E-state index contributed by atoms with van der Waals surface area (Å²) in [7, 11) is -5.07. The molecule has 1 aliphatic rings. The molecule has 0 saturated carbocycles. The molecule has 4 rings (SSSR count). The Morgan fingerprint density at radius 2 is 1.84 bits per heavy atom. The van der Waals surface area contributed by atoms with Crippen molar-refractivity contribution in [1.82, 2.24) is 14.4 Å². The van der Waals surface area contributed by atoms with E-state index in [4.69, 9.17) is 14.0 Å². The van der Waals surface area contributed by atoms with Gasteiger partial charge in [0.05, 0.1) is 36.8 Å². The van der Waals surface area contributed by atoms with Gasteiger partial charge in [-0.25, -0.2) is 16.8 Å². The molecule has 0 aliphatic carbocycles. The Bertz CT molecular complexity index is 1670. The lowest BCUT2D eigenvalue weighted by atomic mass is 9.99. The Morgan fingerprint density at radius 1 is 1.16 bits per heavy atom. The molecular formula is C28H36N4O9S2. The van der Waals surface area contributed by atoms with Crippen LogP contribution >= 0.6 is 0 Å². The maximum absolute atomic E-state index is 13.7.